The molecule has 1 aromatic carbocycles. The minimum Gasteiger partial charge on any atom is -0.308 e. The van der Waals surface area contributed by atoms with Crippen molar-refractivity contribution >= 4 is 17.5 Å². The van der Waals surface area contributed by atoms with E-state index in [0.717, 1.165) is 10.6 Å². The quantitative estimate of drug-likeness (QED) is 0.616. The van der Waals surface area contributed by atoms with Gasteiger partial charge in [0.15, 0.2) is 5.78 Å². The van der Waals surface area contributed by atoms with Crippen molar-refractivity contribution in [1.29, 1.82) is 0 Å². The van der Waals surface area contributed by atoms with Gasteiger partial charge >= 0.3 is 0 Å². The first-order valence-electron chi connectivity index (χ1n) is 9.07. The van der Waals surface area contributed by atoms with E-state index >= 15 is 0 Å². The summed E-state index contributed by atoms with van der Waals surface area (Å²) in [5.41, 5.74) is 2.13. The van der Waals surface area contributed by atoms with Crippen LogP contribution in [0.1, 0.15) is 53.9 Å². The summed E-state index contributed by atoms with van der Waals surface area (Å²) in [5, 5.41) is 4.69. The van der Waals surface area contributed by atoms with E-state index in [1.54, 1.807) is 18.0 Å². The highest BCUT2D eigenvalue weighted by Gasteiger charge is 2.50. The molecule has 1 N–H and O–H groups in total. The molecular formula is C21H24N2OS. The average Bonchev–Trinajstić information content (AvgIpc) is 3.28. The molecular weight excluding hydrogens is 328 g/mol. The monoisotopic (exact) mass is 352 g/mol. The van der Waals surface area contributed by atoms with Gasteiger partial charge in [-0.1, -0.05) is 30.3 Å². The SMILES string of the molecule is CSc1ncccc1C(=O)CC(c1ccccc1)C12CCC(CC1)N2. The smallest absolute Gasteiger partial charge is 0.166 e. The van der Waals surface area contributed by atoms with E-state index in [2.05, 4.69) is 34.6 Å². The van der Waals surface area contributed by atoms with Gasteiger partial charge in [0, 0.05) is 35.7 Å². The normalized spacial score (nSPS) is 25.9. The zero-order valence-electron chi connectivity index (χ0n) is 14.6. The Bertz CT molecular complexity index is 754. The highest BCUT2D eigenvalue weighted by Crippen LogP contribution is 2.48. The van der Waals surface area contributed by atoms with Gasteiger partial charge < -0.3 is 5.32 Å². The van der Waals surface area contributed by atoms with Gasteiger partial charge in [0.05, 0.1) is 0 Å². The third-order valence-electron chi connectivity index (χ3n) is 5.89. The topological polar surface area (TPSA) is 42.0 Å². The number of nitrogens with one attached hydrogen (secondary N) is 1. The van der Waals surface area contributed by atoms with E-state index in [1.165, 1.54) is 31.2 Å². The third kappa shape index (κ3) is 3.13. The molecule has 0 amide bonds. The van der Waals surface area contributed by atoms with Gasteiger partial charge in [0.1, 0.15) is 5.03 Å². The second-order valence-corrected chi connectivity index (χ2v) is 8.02. The van der Waals surface area contributed by atoms with Gasteiger partial charge in [-0.05, 0) is 49.6 Å². The summed E-state index contributed by atoms with van der Waals surface area (Å²) in [6.45, 7) is 0. The van der Waals surface area contributed by atoms with Crippen molar-refractivity contribution < 1.29 is 4.79 Å². The Balaban J connectivity index is 1.66. The fourth-order valence-corrected chi connectivity index (χ4v) is 5.22. The lowest BCUT2D eigenvalue weighted by atomic mass is 9.72. The standard InChI is InChI=1S/C21H24N2OS/c1-25-20-17(8-5-13-22-20)19(24)14-18(15-6-3-2-4-7-15)21-11-9-16(23-21)10-12-21/h2-8,13,16,18,23H,9-12,14H2,1H3. The first kappa shape index (κ1) is 16.8. The van der Waals surface area contributed by atoms with Crippen LogP contribution in [0.3, 0.4) is 0 Å². The summed E-state index contributed by atoms with van der Waals surface area (Å²) >= 11 is 1.54. The Morgan fingerprint density at radius 1 is 1.24 bits per heavy atom. The number of Topliss-reactive ketones (excluding diaryl/α,β-unsaturated/α-hetero) is 1. The minimum absolute atomic E-state index is 0.0867. The van der Waals surface area contributed by atoms with Gasteiger partial charge in [-0.3, -0.25) is 4.79 Å². The number of hydrogen-bond donors (Lipinski definition) is 1. The minimum atomic E-state index is 0.0867. The number of aromatic nitrogens is 1. The van der Waals surface area contributed by atoms with Gasteiger partial charge in [0.25, 0.3) is 0 Å². The molecule has 1 aromatic heterocycles. The van der Waals surface area contributed by atoms with Crippen LogP contribution in [0.5, 0.6) is 0 Å². The number of fused-ring (bicyclic) bond motifs is 2. The van der Waals surface area contributed by atoms with Crippen LogP contribution in [0.2, 0.25) is 0 Å². The molecule has 2 bridgehead atoms. The van der Waals surface area contributed by atoms with E-state index in [1.807, 2.05) is 24.5 Å². The Labute approximate surface area is 153 Å². The molecule has 2 saturated heterocycles. The highest BCUT2D eigenvalue weighted by molar-refractivity contribution is 7.98. The average molecular weight is 353 g/mol. The molecule has 0 aliphatic carbocycles. The second kappa shape index (κ2) is 6.93. The number of ketones is 1. The van der Waals surface area contributed by atoms with Crippen molar-refractivity contribution in [1.82, 2.24) is 10.3 Å². The first-order chi connectivity index (χ1) is 12.2. The first-order valence-corrected chi connectivity index (χ1v) is 10.3. The van der Waals surface area contributed by atoms with Crippen LogP contribution >= 0.6 is 11.8 Å². The van der Waals surface area contributed by atoms with Crippen molar-refractivity contribution in [3.63, 3.8) is 0 Å². The summed E-state index contributed by atoms with van der Waals surface area (Å²) in [4.78, 5) is 17.5. The molecule has 1 unspecified atom stereocenters. The number of carbonyl (C=O) groups excluding carboxylic acids is 1. The molecule has 0 saturated carbocycles. The summed E-state index contributed by atoms with van der Waals surface area (Å²) in [6.07, 6.45) is 9.10. The number of hydrogen-bond acceptors (Lipinski definition) is 4. The van der Waals surface area contributed by atoms with E-state index in [0.29, 0.717) is 12.5 Å². The molecule has 130 valence electrons. The zero-order valence-corrected chi connectivity index (χ0v) is 15.4. The lowest BCUT2D eigenvalue weighted by Gasteiger charge is -2.36. The number of benzene rings is 1. The molecule has 1 atom stereocenters. The summed E-state index contributed by atoms with van der Waals surface area (Å²) < 4.78 is 0. The number of nitrogens with zero attached hydrogens (tertiary/aromatic N) is 1. The number of rotatable bonds is 6. The highest BCUT2D eigenvalue weighted by atomic mass is 32.2. The second-order valence-electron chi connectivity index (χ2n) is 7.23. The van der Waals surface area contributed by atoms with Crippen LogP contribution in [-0.2, 0) is 0 Å². The molecule has 4 rings (SSSR count). The molecule has 3 nitrogen and oxygen atoms in total. The van der Waals surface area contributed by atoms with Crippen molar-refractivity contribution in [2.45, 2.75) is 54.6 Å². The van der Waals surface area contributed by atoms with Crippen LogP contribution in [0, 0.1) is 0 Å². The van der Waals surface area contributed by atoms with Crippen molar-refractivity contribution in [3.05, 3.63) is 59.8 Å². The number of thioether (sulfide) groups is 1. The Kier molecular flexibility index (Phi) is 4.65. The maximum absolute atomic E-state index is 13.2. The lowest BCUT2D eigenvalue weighted by Crippen LogP contribution is -2.43. The maximum atomic E-state index is 13.2. The van der Waals surface area contributed by atoms with E-state index in [9.17, 15) is 4.79 Å². The zero-order chi connectivity index (χ0) is 17.3. The molecule has 4 heteroatoms. The predicted molar refractivity (Wildman–Crippen MR) is 102 cm³/mol. The molecule has 2 aliphatic rings. The molecule has 3 heterocycles. The number of pyridine rings is 1. The Morgan fingerprint density at radius 2 is 2.00 bits per heavy atom. The molecule has 0 spiro atoms. The fourth-order valence-electron chi connectivity index (χ4n) is 4.66. The lowest BCUT2D eigenvalue weighted by molar-refractivity contribution is 0.0951. The van der Waals surface area contributed by atoms with E-state index in [4.69, 9.17) is 0 Å². The van der Waals surface area contributed by atoms with Crippen LogP contribution in [0.4, 0.5) is 0 Å². The van der Waals surface area contributed by atoms with Crippen molar-refractivity contribution in [3.8, 4) is 0 Å². The maximum Gasteiger partial charge on any atom is 0.166 e. The van der Waals surface area contributed by atoms with Gasteiger partial charge in [-0.15, -0.1) is 11.8 Å². The fraction of sp³-hybridized carbons (Fsp3) is 0.429. The van der Waals surface area contributed by atoms with Crippen molar-refractivity contribution in [2.24, 2.45) is 0 Å². The van der Waals surface area contributed by atoms with Crippen molar-refractivity contribution in [2.75, 3.05) is 6.26 Å². The third-order valence-corrected chi connectivity index (χ3v) is 6.60. The predicted octanol–water partition coefficient (Wildman–Crippen LogP) is 4.44. The van der Waals surface area contributed by atoms with Gasteiger partial charge in [0.2, 0.25) is 0 Å². The van der Waals surface area contributed by atoms with Crippen LogP contribution in [0.15, 0.2) is 53.7 Å². The van der Waals surface area contributed by atoms with Crippen LogP contribution in [-0.4, -0.2) is 28.6 Å². The van der Waals surface area contributed by atoms with E-state index in [-0.39, 0.29) is 17.2 Å². The van der Waals surface area contributed by atoms with E-state index < -0.39 is 0 Å². The molecule has 0 radical (unpaired) electrons. The largest absolute Gasteiger partial charge is 0.308 e. The Morgan fingerprint density at radius 3 is 2.64 bits per heavy atom. The van der Waals surface area contributed by atoms with Crippen LogP contribution in [0.25, 0.3) is 0 Å². The van der Waals surface area contributed by atoms with Crippen LogP contribution < -0.4 is 5.32 Å². The molecule has 2 aliphatic heterocycles. The van der Waals surface area contributed by atoms with Gasteiger partial charge in [-0.25, -0.2) is 4.98 Å². The number of carbonyl (C=O) groups is 1. The summed E-state index contributed by atoms with van der Waals surface area (Å²) in [5.74, 6) is 0.432. The Hall–Kier alpha value is -1.65. The summed E-state index contributed by atoms with van der Waals surface area (Å²) in [7, 11) is 0. The van der Waals surface area contributed by atoms with Gasteiger partial charge in [-0.2, -0.15) is 0 Å². The summed E-state index contributed by atoms with van der Waals surface area (Å²) in [6, 6.07) is 15.0. The molecule has 25 heavy (non-hydrogen) atoms. The molecule has 2 aromatic rings. The molecule has 2 fully saturated rings.